The molecule has 2 N–H and O–H groups in total. The number of hydrogen-bond donors (Lipinski definition) is 1. The van der Waals surface area contributed by atoms with E-state index in [4.69, 9.17) is 5.73 Å². The van der Waals surface area contributed by atoms with Crippen LogP contribution in [0.3, 0.4) is 0 Å². The summed E-state index contributed by atoms with van der Waals surface area (Å²) in [5, 5.41) is 0. The molecule has 1 heteroatoms. The lowest BCUT2D eigenvalue weighted by Crippen LogP contribution is -2.25. The van der Waals surface area contributed by atoms with Crippen LogP contribution in [0.15, 0.2) is 30.3 Å². The molecular weight excluding hydrogens is 146 g/mol. The first-order valence-corrected chi connectivity index (χ1v) is 4.56. The molecule has 0 spiro atoms. The van der Waals surface area contributed by atoms with Gasteiger partial charge in [-0.2, -0.15) is 0 Å². The van der Waals surface area contributed by atoms with Crippen LogP contribution in [0, 0.1) is 0 Å². The fraction of sp³-hybridized carbons (Fsp3) is 0.455. The molecule has 1 aromatic carbocycles. The van der Waals surface area contributed by atoms with Crippen LogP contribution in [-0.4, -0.2) is 6.04 Å². The first-order valence-electron chi connectivity index (χ1n) is 4.56. The van der Waals surface area contributed by atoms with Gasteiger partial charge in [-0.3, -0.25) is 0 Å². The van der Waals surface area contributed by atoms with Crippen molar-refractivity contribution in [2.45, 2.75) is 32.2 Å². The Morgan fingerprint density at radius 3 is 2.33 bits per heavy atom. The fourth-order valence-electron chi connectivity index (χ4n) is 1.36. The van der Waals surface area contributed by atoms with Gasteiger partial charge in [0.2, 0.25) is 0 Å². The zero-order chi connectivity index (χ0) is 8.97. The highest BCUT2D eigenvalue weighted by molar-refractivity contribution is 5.20. The predicted octanol–water partition coefficient (Wildman–Crippen LogP) is 2.53. The standard InChI is InChI=1S/C11H17N/c1-3-11(12)9(2)10-7-5-4-6-8-10/h4-9,11H,3,12H2,1-2H3. The van der Waals surface area contributed by atoms with Gasteiger partial charge in [-0.05, 0) is 17.9 Å². The summed E-state index contributed by atoms with van der Waals surface area (Å²) in [5.74, 6) is 0.469. The Labute approximate surface area is 74.6 Å². The first kappa shape index (κ1) is 9.27. The Hall–Kier alpha value is -0.820. The van der Waals surface area contributed by atoms with Crippen LogP contribution in [0.1, 0.15) is 31.7 Å². The molecule has 0 amide bonds. The van der Waals surface area contributed by atoms with Crippen molar-refractivity contribution in [3.05, 3.63) is 35.9 Å². The molecular formula is C11H17N. The second kappa shape index (κ2) is 4.27. The molecule has 0 heterocycles. The Balaban J connectivity index is 2.71. The van der Waals surface area contributed by atoms with Gasteiger partial charge in [-0.25, -0.2) is 0 Å². The van der Waals surface area contributed by atoms with Crippen molar-refractivity contribution in [2.24, 2.45) is 5.73 Å². The van der Waals surface area contributed by atoms with Gasteiger partial charge in [0, 0.05) is 6.04 Å². The molecule has 0 aliphatic heterocycles. The maximum Gasteiger partial charge on any atom is 0.0103 e. The van der Waals surface area contributed by atoms with Crippen molar-refractivity contribution in [1.82, 2.24) is 0 Å². The maximum atomic E-state index is 5.95. The van der Waals surface area contributed by atoms with E-state index in [0.29, 0.717) is 5.92 Å². The Morgan fingerprint density at radius 1 is 1.25 bits per heavy atom. The molecule has 1 rings (SSSR count). The highest BCUT2D eigenvalue weighted by atomic mass is 14.6. The zero-order valence-corrected chi connectivity index (χ0v) is 7.83. The average molecular weight is 163 g/mol. The van der Waals surface area contributed by atoms with Crippen LogP contribution in [0.4, 0.5) is 0 Å². The summed E-state index contributed by atoms with van der Waals surface area (Å²) in [5.41, 5.74) is 7.29. The zero-order valence-electron chi connectivity index (χ0n) is 7.83. The fourth-order valence-corrected chi connectivity index (χ4v) is 1.36. The molecule has 0 radical (unpaired) electrons. The third-order valence-electron chi connectivity index (χ3n) is 2.44. The molecule has 1 nitrogen and oxygen atoms in total. The summed E-state index contributed by atoms with van der Waals surface area (Å²) in [6, 6.07) is 10.7. The van der Waals surface area contributed by atoms with Crippen LogP contribution in [-0.2, 0) is 0 Å². The van der Waals surface area contributed by atoms with Crippen LogP contribution < -0.4 is 5.73 Å². The molecule has 0 bridgehead atoms. The molecule has 0 saturated heterocycles. The summed E-state index contributed by atoms with van der Waals surface area (Å²) >= 11 is 0. The van der Waals surface area contributed by atoms with Gasteiger partial charge in [0.25, 0.3) is 0 Å². The molecule has 66 valence electrons. The van der Waals surface area contributed by atoms with Crippen molar-refractivity contribution >= 4 is 0 Å². The second-order valence-corrected chi connectivity index (χ2v) is 3.27. The van der Waals surface area contributed by atoms with E-state index in [1.165, 1.54) is 5.56 Å². The van der Waals surface area contributed by atoms with Crippen LogP contribution >= 0.6 is 0 Å². The topological polar surface area (TPSA) is 26.0 Å². The van der Waals surface area contributed by atoms with Crippen molar-refractivity contribution < 1.29 is 0 Å². The van der Waals surface area contributed by atoms with Crippen LogP contribution in [0.2, 0.25) is 0 Å². The lowest BCUT2D eigenvalue weighted by atomic mass is 9.92. The molecule has 12 heavy (non-hydrogen) atoms. The van der Waals surface area contributed by atoms with Crippen molar-refractivity contribution in [1.29, 1.82) is 0 Å². The second-order valence-electron chi connectivity index (χ2n) is 3.27. The minimum Gasteiger partial charge on any atom is -0.327 e. The monoisotopic (exact) mass is 163 g/mol. The molecule has 2 unspecified atom stereocenters. The van der Waals surface area contributed by atoms with Gasteiger partial charge >= 0.3 is 0 Å². The lowest BCUT2D eigenvalue weighted by Gasteiger charge is -2.18. The average Bonchev–Trinajstić information content (AvgIpc) is 2.17. The Morgan fingerprint density at radius 2 is 1.83 bits per heavy atom. The van der Waals surface area contributed by atoms with Crippen molar-refractivity contribution in [3.63, 3.8) is 0 Å². The van der Waals surface area contributed by atoms with E-state index >= 15 is 0 Å². The van der Waals surface area contributed by atoms with Crippen molar-refractivity contribution in [3.8, 4) is 0 Å². The predicted molar refractivity (Wildman–Crippen MR) is 53.1 cm³/mol. The summed E-state index contributed by atoms with van der Waals surface area (Å²) in [6.45, 7) is 4.31. The smallest absolute Gasteiger partial charge is 0.0103 e. The van der Waals surface area contributed by atoms with Crippen LogP contribution in [0.25, 0.3) is 0 Å². The van der Waals surface area contributed by atoms with E-state index in [1.807, 2.05) is 6.07 Å². The highest BCUT2D eigenvalue weighted by Gasteiger charge is 2.11. The van der Waals surface area contributed by atoms with Gasteiger partial charge in [0.05, 0.1) is 0 Å². The largest absolute Gasteiger partial charge is 0.327 e. The minimum absolute atomic E-state index is 0.285. The third-order valence-corrected chi connectivity index (χ3v) is 2.44. The number of hydrogen-bond acceptors (Lipinski definition) is 1. The number of rotatable bonds is 3. The van der Waals surface area contributed by atoms with E-state index in [0.717, 1.165) is 6.42 Å². The van der Waals surface area contributed by atoms with E-state index in [-0.39, 0.29) is 6.04 Å². The van der Waals surface area contributed by atoms with Crippen LogP contribution in [0.5, 0.6) is 0 Å². The van der Waals surface area contributed by atoms with Gasteiger partial charge in [0.1, 0.15) is 0 Å². The quantitative estimate of drug-likeness (QED) is 0.728. The molecule has 0 aromatic heterocycles. The normalized spacial score (nSPS) is 15.6. The molecule has 0 aliphatic carbocycles. The SMILES string of the molecule is CCC(N)C(C)c1ccccc1. The van der Waals surface area contributed by atoms with Crippen molar-refractivity contribution in [2.75, 3.05) is 0 Å². The third kappa shape index (κ3) is 2.08. The summed E-state index contributed by atoms with van der Waals surface area (Å²) < 4.78 is 0. The van der Waals surface area contributed by atoms with E-state index < -0.39 is 0 Å². The van der Waals surface area contributed by atoms with Gasteiger partial charge in [0.15, 0.2) is 0 Å². The van der Waals surface area contributed by atoms with E-state index in [2.05, 4.69) is 38.1 Å². The first-order chi connectivity index (χ1) is 5.75. The number of benzene rings is 1. The van der Waals surface area contributed by atoms with Gasteiger partial charge < -0.3 is 5.73 Å². The highest BCUT2D eigenvalue weighted by Crippen LogP contribution is 2.18. The summed E-state index contributed by atoms with van der Waals surface area (Å²) in [7, 11) is 0. The number of nitrogens with two attached hydrogens (primary N) is 1. The van der Waals surface area contributed by atoms with Gasteiger partial charge in [-0.1, -0.05) is 44.2 Å². The van der Waals surface area contributed by atoms with E-state index in [9.17, 15) is 0 Å². The Bertz CT molecular complexity index is 218. The summed E-state index contributed by atoms with van der Waals surface area (Å²) in [4.78, 5) is 0. The molecule has 0 fully saturated rings. The van der Waals surface area contributed by atoms with Gasteiger partial charge in [-0.15, -0.1) is 0 Å². The Kier molecular flexibility index (Phi) is 3.30. The molecule has 2 atom stereocenters. The molecule has 0 saturated carbocycles. The molecule has 1 aromatic rings. The minimum atomic E-state index is 0.285. The summed E-state index contributed by atoms with van der Waals surface area (Å²) in [6.07, 6.45) is 1.04. The van der Waals surface area contributed by atoms with E-state index in [1.54, 1.807) is 0 Å². The lowest BCUT2D eigenvalue weighted by molar-refractivity contribution is 0.551. The maximum absolute atomic E-state index is 5.95. The molecule has 0 aliphatic rings.